The maximum atomic E-state index is 13.2. The zero-order valence-corrected chi connectivity index (χ0v) is 25.0. The summed E-state index contributed by atoms with van der Waals surface area (Å²) in [6, 6.07) is 16.7. The van der Waals surface area contributed by atoms with Gasteiger partial charge in [-0.25, -0.2) is 0 Å². The second-order valence-electron chi connectivity index (χ2n) is 11.8. The molecular formula is C34H35F6N3O2. The molecule has 1 aliphatic heterocycles. The molecule has 11 heteroatoms. The standard InChI is InChI=1S/C34H35F6N3O2/c1-21(2)32(44)41-26-6-3-5-24(19-26)22-14-17-43(18-15-22)16-4-7-28-29-20-27(45-34(38,39)40)12-13-30(29)42-31(28)23-8-10-25(11-9-23)33(35,36)37/h3,5-6,8-13,19-22,42H,4,7,14-18H2,1-2H3,(H,41,44). The van der Waals surface area contributed by atoms with Gasteiger partial charge in [-0.3, -0.25) is 4.79 Å². The van der Waals surface area contributed by atoms with Gasteiger partial charge >= 0.3 is 12.5 Å². The first-order chi connectivity index (χ1) is 21.3. The van der Waals surface area contributed by atoms with E-state index in [9.17, 15) is 31.1 Å². The molecule has 0 atom stereocenters. The quantitative estimate of drug-likeness (QED) is 0.181. The first-order valence-corrected chi connectivity index (χ1v) is 15.0. The second kappa shape index (κ2) is 13.2. The minimum absolute atomic E-state index is 0.0252. The van der Waals surface area contributed by atoms with E-state index in [0.29, 0.717) is 40.9 Å². The van der Waals surface area contributed by atoms with Crippen molar-refractivity contribution in [2.75, 3.05) is 25.0 Å². The highest BCUT2D eigenvalue weighted by Crippen LogP contribution is 2.37. The number of fused-ring (bicyclic) bond motifs is 1. The van der Waals surface area contributed by atoms with Crippen molar-refractivity contribution < 1.29 is 35.9 Å². The van der Waals surface area contributed by atoms with Gasteiger partial charge in [-0.1, -0.05) is 38.1 Å². The number of aryl methyl sites for hydroxylation is 1. The minimum atomic E-state index is -4.85. The Morgan fingerprint density at radius 1 is 0.978 bits per heavy atom. The Bertz CT molecular complexity index is 1620. The maximum absolute atomic E-state index is 13.2. The Morgan fingerprint density at radius 2 is 1.69 bits per heavy atom. The molecule has 0 spiro atoms. The van der Waals surface area contributed by atoms with Gasteiger partial charge in [0.25, 0.3) is 0 Å². The first kappa shape index (κ1) is 32.4. The van der Waals surface area contributed by atoms with E-state index < -0.39 is 18.1 Å². The molecule has 1 aromatic heterocycles. The zero-order chi connectivity index (χ0) is 32.4. The van der Waals surface area contributed by atoms with Gasteiger partial charge in [-0.2, -0.15) is 13.2 Å². The lowest BCUT2D eigenvalue weighted by atomic mass is 9.89. The Morgan fingerprint density at radius 3 is 2.33 bits per heavy atom. The van der Waals surface area contributed by atoms with Gasteiger partial charge in [0.15, 0.2) is 0 Å². The molecule has 1 fully saturated rings. The summed E-state index contributed by atoms with van der Waals surface area (Å²) in [5.74, 6) is -0.126. The van der Waals surface area contributed by atoms with Crippen molar-refractivity contribution in [1.29, 1.82) is 0 Å². The molecule has 0 aliphatic carbocycles. The molecular weight excluding hydrogens is 596 g/mol. The fourth-order valence-electron chi connectivity index (χ4n) is 5.88. The molecule has 240 valence electrons. The number of rotatable bonds is 9. The number of anilines is 1. The van der Waals surface area contributed by atoms with Gasteiger partial charge in [0.05, 0.1) is 5.56 Å². The van der Waals surface area contributed by atoms with Crippen LogP contribution in [0.3, 0.4) is 0 Å². The van der Waals surface area contributed by atoms with Crippen molar-refractivity contribution in [1.82, 2.24) is 9.88 Å². The Kier molecular flexibility index (Phi) is 9.48. The number of hydrogen-bond acceptors (Lipinski definition) is 3. The van der Waals surface area contributed by atoms with Gasteiger partial charge in [0.1, 0.15) is 5.75 Å². The number of nitrogens with zero attached hydrogens (tertiary/aromatic N) is 1. The van der Waals surface area contributed by atoms with Gasteiger partial charge < -0.3 is 19.9 Å². The van der Waals surface area contributed by atoms with Crippen molar-refractivity contribution in [2.45, 2.75) is 58.0 Å². The van der Waals surface area contributed by atoms with Crippen molar-refractivity contribution in [3.8, 4) is 17.0 Å². The third-order valence-electron chi connectivity index (χ3n) is 8.25. The Labute approximate surface area is 257 Å². The zero-order valence-electron chi connectivity index (χ0n) is 25.0. The van der Waals surface area contributed by atoms with Crippen molar-refractivity contribution in [3.63, 3.8) is 0 Å². The highest BCUT2D eigenvalue weighted by Gasteiger charge is 2.32. The molecule has 45 heavy (non-hydrogen) atoms. The molecule has 5 nitrogen and oxygen atoms in total. The Balaban J connectivity index is 1.28. The van der Waals surface area contributed by atoms with E-state index in [1.807, 2.05) is 32.0 Å². The van der Waals surface area contributed by atoms with E-state index in [1.54, 1.807) is 0 Å². The van der Waals surface area contributed by atoms with Crippen LogP contribution in [0.25, 0.3) is 22.2 Å². The summed E-state index contributed by atoms with van der Waals surface area (Å²) >= 11 is 0. The van der Waals surface area contributed by atoms with E-state index in [0.717, 1.165) is 55.9 Å². The molecule has 0 unspecified atom stereocenters. The van der Waals surface area contributed by atoms with Crippen LogP contribution in [0.4, 0.5) is 32.0 Å². The van der Waals surface area contributed by atoms with Crippen LogP contribution in [0.15, 0.2) is 66.7 Å². The van der Waals surface area contributed by atoms with Gasteiger partial charge in [-0.05, 0) is 110 Å². The Hall–Kier alpha value is -3.99. The van der Waals surface area contributed by atoms with Crippen molar-refractivity contribution >= 4 is 22.5 Å². The largest absolute Gasteiger partial charge is 0.573 e. The number of H-pyrrole nitrogens is 1. The number of amides is 1. The molecule has 5 rings (SSSR count). The number of carbonyl (C=O) groups is 1. The van der Waals surface area contributed by atoms with Crippen LogP contribution in [0, 0.1) is 5.92 Å². The second-order valence-corrected chi connectivity index (χ2v) is 11.8. The normalized spacial score (nSPS) is 15.1. The fraction of sp³-hybridized carbons (Fsp3) is 0.382. The highest BCUT2D eigenvalue weighted by molar-refractivity contribution is 5.92. The lowest BCUT2D eigenvalue weighted by Crippen LogP contribution is -2.33. The van der Waals surface area contributed by atoms with Gasteiger partial charge in [0.2, 0.25) is 5.91 Å². The van der Waals surface area contributed by atoms with Crippen LogP contribution < -0.4 is 10.1 Å². The molecule has 2 N–H and O–H groups in total. The molecule has 3 aromatic carbocycles. The van der Waals surface area contributed by atoms with Crippen molar-refractivity contribution in [2.24, 2.45) is 5.92 Å². The number of aromatic amines is 1. The third kappa shape index (κ3) is 8.19. The molecule has 2 heterocycles. The number of aromatic nitrogens is 1. The summed E-state index contributed by atoms with van der Waals surface area (Å²) in [4.78, 5) is 17.7. The number of likely N-dealkylation sites (tertiary alicyclic amines) is 1. The van der Waals surface area contributed by atoms with Crippen LogP contribution >= 0.6 is 0 Å². The number of carbonyl (C=O) groups excluding carboxylic acids is 1. The molecule has 1 amide bonds. The molecule has 0 bridgehead atoms. The van der Waals surface area contributed by atoms with E-state index in [4.69, 9.17) is 0 Å². The molecule has 0 radical (unpaired) electrons. The number of ether oxygens (including phenoxy) is 1. The molecule has 4 aromatic rings. The number of hydrogen-bond donors (Lipinski definition) is 2. The lowest BCUT2D eigenvalue weighted by Gasteiger charge is -2.32. The van der Waals surface area contributed by atoms with Crippen molar-refractivity contribution in [3.05, 3.63) is 83.4 Å². The first-order valence-electron chi connectivity index (χ1n) is 15.0. The molecule has 1 aliphatic rings. The highest BCUT2D eigenvalue weighted by atomic mass is 19.4. The predicted molar refractivity (Wildman–Crippen MR) is 162 cm³/mol. The number of alkyl halides is 6. The third-order valence-corrected chi connectivity index (χ3v) is 8.25. The number of nitrogens with one attached hydrogen (secondary N) is 2. The number of halogens is 6. The summed E-state index contributed by atoms with van der Waals surface area (Å²) in [5.41, 5.74) is 3.59. The lowest BCUT2D eigenvalue weighted by molar-refractivity contribution is -0.274. The van der Waals surface area contributed by atoms with Crippen LogP contribution in [0.1, 0.15) is 55.7 Å². The summed E-state index contributed by atoms with van der Waals surface area (Å²) in [6.45, 7) is 6.20. The van der Waals surface area contributed by atoms with E-state index >= 15 is 0 Å². The number of piperidine rings is 1. The van der Waals surface area contributed by atoms with E-state index in [-0.39, 0.29) is 17.6 Å². The fourth-order valence-corrected chi connectivity index (χ4v) is 5.88. The molecule has 1 saturated heterocycles. The minimum Gasteiger partial charge on any atom is -0.406 e. The topological polar surface area (TPSA) is 57.4 Å². The summed E-state index contributed by atoms with van der Waals surface area (Å²) in [5, 5.41) is 3.50. The van der Waals surface area contributed by atoms with Crippen LogP contribution in [-0.2, 0) is 17.4 Å². The SMILES string of the molecule is CC(C)C(=O)Nc1cccc(C2CCN(CCCc3c(-c4ccc(C(F)(F)F)cc4)[nH]c4ccc(OC(F)(F)F)cc34)CC2)c1. The predicted octanol–water partition coefficient (Wildman–Crippen LogP) is 9.16. The van der Waals surface area contributed by atoms with E-state index in [1.165, 1.54) is 35.9 Å². The van der Waals surface area contributed by atoms with Crippen LogP contribution in [0.2, 0.25) is 0 Å². The summed E-state index contributed by atoms with van der Waals surface area (Å²) < 4.78 is 82.5. The average Bonchev–Trinajstić information content (AvgIpc) is 3.34. The number of benzene rings is 3. The monoisotopic (exact) mass is 631 g/mol. The summed E-state index contributed by atoms with van der Waals surface area (Å²) in [6.07, 6.45) is -6.23. The average molecular weight is 632 g/mol. The van der Waals surface area contributed by atoms with Gasteiger partial charge in [0, 0.05) is 28.2 Å². The smallest absolute Gasteiger partial charge is 0.406 e. The summed E-state index contributed by atoms with van der Waals surface area (Å²) in [7, 11) is 0. The molecule has 0 saturated carbocycles. The van der Waals surface area contributed by atoms with Gasteiger partial charge in [-0.15, -0.1) is 13.2 Å². The van der Waals surface area contributed by atoms with Crippen LogP contribution in [0.5, 0.6) is 5.75 Å². The van der Waals surface area contributed by atoms with E-state index in [2.05, 4.69) is 26.0 Å². The van der Waals surface area contributed by atoms with Crippen LogP contribution in [-0.4, -0.2) is 41.8 Å². The maximum Gasteiger partial charge on any atom is 0.573 e.